The summed E-state index contributed by atoms with van der Waals surface area (Å²) in [6, 6.07) is 8.64. The van der Waals surface area contributed by atoms with Gasteiger partial charge in [-0.1, -0.05) is 53.9 Å². The number of ether oxygens (including phenoxy) is 1. The minimum absolute atomic E-state index is 0.00555. The van der Waals surface area contributed by atoms with Gasteiger partial charge >= 0.3 is 0 Å². The van der Waals surface area contributed by atoms with Crippen LogP contribution in [0, 0.1) is 0 Å². The highest BCUT2D eigenvalue weighted by atomic mass is 35.5. The average Bonchev–Trinajstić information content (AvgIpc) is 2.79. The van der Waals surface area contributed by atoms with Crippen LogP contribution in [0.4, 0.5) is 5.69 Å². The van der Waals surface area contributed by atoms with Crippen molar-refractivity contribution < 1.29 is 22.7 Å². The van der Waals surface area contributed by atoms with Crippen molar-refractivity contribution in [2.24, 2.45) is 0 Å². The summed E-state index contributed by atoms with van der Waals surface area (Å²) in [6.45, 7) is 4.89. The minimum Gasteiger partial charge on any atom is -0.497 e. The molecule has 2 aromatic rings. The maximum atomic E-state index is 13.7. The molecule has 198 valence electrons. The largest absolute Gasteiger partial charge is 0.497 e. The third-order valence-corrected chi connectivity index (χ3v) is 7.42. The van der Waals surface area contributed by atoms with Gasteiger partial charge in [0.1, 0.15) is 18.3 Å². The lowest BCUT2D eigenvalue weighted by molar-refractivity contribution is -0.140. The summed E-state index contributed by atoms with van der Waals surface area (Å²) in [5, 5.41) is 3.06. The molecule has 0 bridgehead atoms. The number of sulfonamides is 1. The number of methoxy groups -OCH3 is 1. The van der Waals surface area contributed by atoms with E-state index in [9.17, 15) is 18.0 Å². The topological polar surface area (TPSA) is 96.0 Å². The van der Waals surface area contributed by atoms with E-state index in [1.165, 1.54) is 17.0 Å². The van der Waals surface area contributed by atoms with Crippen molar-refractivity contribution in [1.29, 1.82) is 0 Å². The monoisotopic (exact) mass is 577 g/mol. The van der Waals surface area contributed by atoms with E-state index in [0.717, 1.165) is 16.1 Å². The Bertz CT molecular complexity index is 1190. The molecule has 8 nitrogen and oxygen atoms in total. The third-order valence-electron chi connectivity index (χ3n) is 5.27. The van der Waals surface area contributed by atoms with Crippen LogP contribution < -0.4 is 14.4 Å². The highest BCUT2D eigenvalue weighted by Crippen LogP contribution is 2.35. The van der Waals surface area contributed by atoms with Crippen molar-refractivity contribution in [3.8, 4) is 5.75 Å². The normalized spacial score (nSPS) is 12.2. The Labute approximate surface area is 227 Å². The molecule has 0 saturated carbocycles. The molecule has 0 heterocycles. The summed E-state index contributed by atoms with van der Waals surface area (Å²) in [6.07, 6.45) is 1.27. The lowest BCUT2D eigenvalue weighted by Crippen LogP contribution is -2.53. The summed E-state index contributed by atoms with van der Waals surface area (Å²) >= 11 is 18.4. The van der Waals surface area contributed by atoms with Gasteiger partial charge in [-0.25, -0.2) is 8.42 Å². The molecule has 2 rings (SSSR count). The van der Waals surface area contributed by atoms with Crippen LogP contribution in [-0.4, -0.2) is 57.1 Å². The molecule has 0 fully saturated rings. The molecular formula is C24H30Cl3N3O5S. The number of nitrogens with one attached hydrogen (secondary N) is 1. The molecule has 0 aliphatic rings. The third kappa shape index (κ3) is 7.90. The molecule has 0 radical (unpaired) electrons. The standard InChI is InChI=1S/C24H30Cl3N3O5S/c1-6-21(24(32)28-15(2)3)29(13-16-7-9-17(35-4)10-8-16)23(31)14-30(36(5,33)34)22-12-19(26)18(25)11-20(22)27/h7-12,15,21H,6,13-14H2,1-5H3,(H,28,32). The Hall–Kier alpha value is -2.20. The van der Waals surface area contributed by atoms with Crippen LogP contribution in [0.1, 0.15) is 32.8 Å². The number of amides is 2. The van der Waals surface area contributed by atoms with Gasteiger partial charge in [-0.15, -0.1) is 0 Å². The fourth-order valence-electron chi connectivity index (χ4n) is 3.53. The second-order valence-corrected chi connectivity index (χ2v) is 11.6. The number of carbonyl (C=O) groups is 2. The van der Waals surface area contributed by atoms with Crippen molar-refractivity contribution in [2.75, 3.05) is 24.2 Å². The number of halogens is 3. The molecule has 1 unspecified atom stereocenters. The maximum Gasteiger partial charge on any atom is 0.244 e. The van der Waals surface area contributed by atoms with Gasteiger partial charge in [0.2, 0.25) is 21.8 Å². The van der Waals surface area contributed by atoms with Gasteiger partial charge in [-0.2, -0.15) is 0 Å². The highest BCUT2D eigenvalue weighted by Gasteiger charge is 2.32. The van der Waals surface area contributed by atoms with E-state index >= 15 is 0 Å². The Kier molecular flexibility index (Phi) is 10.7. The van der Waals surface area contributed by atoms with Crippen LogP contribution in [0.3, 0.4) is 0 Å². The minimum atomic E-state index is -3.97. The van der Waals surface area contributed by atoms with E-state index in [2.05, 4.69) is 5.32 Å². The van der Waals surface area contributed by atoms with E-state index in [0.29, 0.717) is 12.2 Å². The van der Waals surface area contributed by atoms with E-state index < -0.39 is 28.5 Å². The smallest absolute Gasteiger partial charge is 0.244 e. The summed E-state index contributed by atoms with van der Waals surface area (Å²) in [4.78, 5) is 28.0. The van der Waals surface area contributed by atoms with Crippen molar-refractivity contribution in [3.05, 3.63) is 57.0 Å². The number of carbonyl (C=O) groups excluding carboxylic acids is 2. The Morgan fingerprint density at radius 1 is 1.03 bits per heavy atom. The molecule has 12 heteroatoms. The predicted molar refractivity (Wildman–Crippen MR) is 145 cm³/mol. The summed E-state index contributed by atoms with van der Waals surface area (Å²) in [7, 11) is -2.43. The molecule has 0 saturated heterocycles. The molecule has 0 aromatic heterocycles. The lowest BCUT2D eigenvalue weighted by atomic mass is 10.1. The van der Waals surface area contributed by atoms with Gasteiger partial charge in [0, 0.05) is 12.6 Å². The molecule has 1 atom stereocenters. The fraction of sp³-hybridized carbons (Fsp3) is 0.417. The van der Waals surface area contributed by atoms with Crippen molar-refractivity contribution >= 4 is 62.3 Å². The van der Waals surface area contributed by atoms with Crippen LogP contribution in [0.15, 0.2) is 36.4 Å². The van der Waals surface area contributed by atoms with Crippen molar-refractivity contribution in [2.45, 2.75) is 45.8 Å². The molecule has 0 aliphatic carbocycles. The van der Waals surface area contributed by atoms with Gasteiger partial charge in [-0.3, -0.25) is 13.9 Å². The molecule has 2 aromatic carbocycles. The zero-order valence-electron chi connectivity index (χ0n) is 20.7. The van der Waals surface area contributed by atoms with Gasteiger partial charge in [0.25, 0.3) is 0 Å². The van der Waals surface area contributed by atoms with E-state index in [1.807, 2.05) is 13.8 Å². The molecule has 36 heavy (non-hydrogen) atoms. The highest BCUT2D eigenvalue weighted by molar-refractivity contribution is 7.92. The van der Waals surface area contributed by atoms with Crippen LogP contribution in [0.5, 0.6) is 5.75 Å². The second-order valence-electron chi connectivity index (χ2n) is 8.44. The number of nitrogens with zero attached hydrogens (tertiary/aromatic N) is 2. The van der Waals surface area contributed by atoms with Gasteiger partial charge in [-0.05, 0) is 50.1 Å². The molecule has 1 N–H and O–H groups in total. The van der Waals surface area contributed by atoms with Gasteiger partial charge in [0.05, 0.1) is 34.1 Å². The summed E-state index contributed by atoms with van der Waals surface area (Å²) in [5.74, 6) is -0.296. The van der Waals surface area contributed by atoms with E-state index in [1.54, 1.807) is 38.3 Å². The quantitative estimate of drug-likeness (QED) is 0.388. The maximum absolute atomic E-state index is 13.7. The van der Waals surface area contributed by atoms with E-state index in [-0.39, 0.29) is 39.2 Å². The average molecular weight is 579 g/mol. The number of rotatable bonds is 11. The SMILES string of the molecule is CCC(C(=O)NC(C)C)N(Cc1ccc(OC)cc1)C(=O)CN(c1cc(Cl)c(Cl)cc1Cl)S(C)(=O)=O. The van der Waals surface area contributed by atoms with Gasteiger partial charge < -0.3 is 15.0 Å². The first kappa shape index (κ1) is 30.0. The predicted octanol–water partition coefficient (Wildman–Crippen LogP) is 4.75. The fourth-order valence-corrected chi connectivity index (χ4v) is 5.07. The first-order valence-electron chi connectivity index (χ1n) is 11.1. The number of benzene rings is 2. The molecule has 2 amide bonds. The van der Waals surface area contributed by atoms with Crippen LogP contribution in [0.2, 0.25) is 15.1 Å². The lowest BCUT2D eigenvalue weighted by Gasteiger charge is -2.33. The van der Waals surface area contributed by atoms with Crippen LogP contribution >= 0.6 is 34.8 Å². The number of hydrogen-bond donors (Lipinski definition) is 1. The zero-order chi connectivity index (χ0) is 27.2. The van der Waals surface area contributed by atoms with Crippen molar-refractivity contribution in [1.82, 2.24) is 10.2 Å². The van der Waals surface area contributed by atoms with Crippen molar-refractivity contribution in [3.63, 3.8) is 0 Å². The summed E-state index contributed by atoms with van der Waals surface area (Å²) < 4.78 is 31.5. The Morgan fingerprint density at radius 3 is 2.11 bits per heavy atom. The van der Waals surface area contributed by atoms with Crippen LogP contribution in [-0.2, 0) is 26.2 Å². The van der Waals surface area contributed by atoms with Crippen LogP contribution in [0.25, 0.3) is 0 Å². The first-order chi connectivity index (χ1) is 16.8. The Balaban J connectivity index is 2.50. The molecule has 0 aliphatic heterocycles. The zero-order valence-corrected chi connectivity index (χ0v) is 23.8. The number of hydrogen-bond acceptors (Lipinski definition) is 5. The summed E-state index contributed by atoms with van der Waals surface area (Å²) in [5.41, 5.74) is 0.740. The Morgan fingerprint density at radius 2 is 1.61 bits per heavy atom. The molecule has 0 spiro atoms. The molecular weight excluding hydrogens is 549 g/mol. The first-order valence-corrected chi connectivity index (χ1v) is 14.1. The van der Waals surface area contributed by atoms with Gasteiger partial charge in [0.15, 0.2) is 0 Å². The second kappa shape index (κ2) is 12.9. The van der Waals surface area contributed by atoms with E-state index in [4.69, 9.17) is 39.5 Å². The number of anilines is 1.